The average Bonchev–Trinajstić information content (AvgIpc) is 3.22. The van der Waals surface area contributed by atoms with Crippen molar-refractivity contribution in [2.24, 2.45) is 0 Å². The zero-order valence-corrected chi connectivity index (χ0v) is 18.0. The number of rotatable bonds is 6. The summed E-state index contributed by atoms with van der Waals surface area (Å²) in [5.41, 5.74) is 3.45. The van der Waals surface area contributed by atoms with Gasteiger partial charge < -0.3 is 9.64 Å². The Kier molecular flexibility index (Phi) is 6.60. The van der Waals surface area contributed by atoms with Crippen LogP contribution in [0.3, 0.4) is 0 Å². The topological polar surface area (TPSA) is 28.6 Å². The molecule has 1 aliphatic rings. The van der Waals surface area contributed by atoms with Crippen molar-refractivity contribution < 1.29 is 17.9 Å². The molecule has 4 rings (SSSR count). The second-order valence-electron chi connectivity index (χ2n) is 7.62. The summed E-state index contributed by atoms with van der Waals surface area (Å²) in [5, 5.41) is 2.70. The van der Waals surface area contributed by atoms with E-state index in [0.717, 1.165) is 55.7 Å². The summed E-state index contributed by atoms with van der Waals surface area (Å²) in [6, 6.07) is 13.6. The summed E-state index contributed by atoms with van der Waals surface area (Å²) in [7, 11) is 2.05. The number of para-hydroxylation sites is 1. The van der Waals surface area contributed by atoms with Crippen molar-refractivity contribution in [1.82, 2.24) is 9.88 Å². The number of nitrogens with zero attached hydrogens (tertiary/aromatic N) is 3. The van der Waals surface area contributed by atoms with Gasteiger partial charge in [0.1, 0.15) is 5.01 Å². The highest BCUT2D eigenvalue weighted by Crippen LogP contribution is 2.32. The van der Waals surface area contributed by atoms with Crippen molar-refractivity contribution in [2.45, 2.75) is 19.3 Å². The molecule has 164 valence electrons. The number of halogens is 3. The van der Waals surface area contributed by atoms with Crippen LogP contribution in [0, 0.1) is 0 Å². The lowest BCUT2D eigenvalue weighted by Gasteiger charge is -2.31. The Balaban J connectivity index is 1.41. The van der Waals surface area contributed by atoms with Crippen LogP contribution in [0.25, 0.3) is 10.6 Å². The predicted octanol–water partition coefficient (Wildman–Crippen LogP) is 5.30. The van der Waals surface area contributed by atoms with Gasteiger partial charge in [0.25, 0.3) is 0 Å². The van der Waals surface area contributed by atoms with E-state index >= 15 is 0 Å². The third kappa shape index (κ3) is 5.44. The number of ether oxygens (including phenoxy) is 1. The highest BCUT2D eigenvalue weighted by atomic mass is 32.1. The summed E-state index contributed by atoms with van der Waals surface area (Å²) >= 11 is 1.45. The summed E-state index contributed by atoms with van der Waals surface area (Å²) in [6.45, 7) is 4.72. The SMILES string of the molecule is CN(Cc1csc(-c2ccc(C(F)(F)F)cc2)n1)Cc1ccccc1N1CCOCC1. The Morgan fingerprint density at radius 3 is 2.45 bits per heavy atom. The first-order chi connectivity index (χ1) is 14.9. The lowest BCUT2D eigenvalue weighted by Crippen LogP contribution is -2.37. The van der Waals surface area contributed by atoms with Gasteiger partial charge in [-0.1, -0.05) is 30.3 Å². The van der Waals surface area contributed by atoms with Crippen molar-refractivity contribution in [1.29, 1.82) is 0 Å². The summed E-state index contributed by atoms with van der Waals surface area (Å²) in [6.07, 6.45) is -4.33. The minimum Gasteiger partial charge on any atom is -0.378 e. The average molecular weight is 448 g/mol. The first kappa shape index (κ1) is 21.8. The van der Waals surface area contributed by atoms with E-state index in [4.69, 9.17) is 4.74 Å². The van der Waals surface area contributed by atoms with Crippen LogP contribution < -0.4 is 4.90 Å². The van der Waals surface area contributed by atoms with Crippen LogP contribution in [0.1, 0.15) is 16.8 Å². The molecule has 0 aliphatic carbocycles. The Bertz CT molecular complexity index is 998. The number of aromatic nitrogens is 1. The highest BCUT2D eigenvalue weighted by Gasteiger charge is 2.30. The molecule has 3 aromatic rings. The second kappa shape index (κ2) is 9.38. The Labute approximate surface area is 183 Å². The molecule has 1 fully saturated rings. The van der Waals surface area contributed by atoms with Gasteiger partial charge in [0.2, 0.25) is 0 Å². The Morgan fingerprint density at radius 1 is 1.03 bits per heavy atom. The van der Waals surface area contributed by atoms with Crippen LogP contribution in [0.2, 0.25) is 0 Å². The molecule has 0 amide bonds. The fourth-order valence-electron chi connectivity index (χ4n) is 3.69. The molecule has 0 atom stereocenters. The third-order valence-corrected chi connectivity index (χ3v) is 6.17. The van der Waals surface area contributed by atoms with Crippen LogP contribution in [-0.4, -0.2) is 43.2 Å². The standard InChI is InChI=1S/C23H24F3N3OS/c1-28(14-18-4-2-3-5-21(18)29-10-12-30-13-11-29)15-20-16-31-22(27-20)17-6-8-19(9-7-17)23(24,25)26/h2-9,16H,10-15H2,1H3. The van der Waals surface area contributed by atoms with Crippen molar-refractivity contribution >= 4 is 17.0 Å². The van der Waals surface area contributed by atoms with Gasteiger partial charge in [0, 0.05) is 42.8 Å². The van der Waals surface area contributed by atoms with E-state index in [1.807, 2.05) is 12.4 Å². The van der Waals surface area contributed by atoms with Crippen LogP contribution in [0.5, 0.6) is 0 Å². The maximum Gasteiger partial charge on any atom is 0.416 e. The Hall–Kier alpha value is -2.42. The lowest BCUT2D eigenvalue weighted by molar-refractivity contribution is -0.137. The van der Waals surface area contributed by atoms with E-state index in [9.17, 15) is 13.2 Å². The number of benzene rings is 2. The van der Waals surface area contributed by atoms with Gasteiger partial charge in [-0.15, -0.1) is 11.3 Å². The maximum absolute atomic E-state index is 12.8. The van der Waals surface area contributed by atoms with Gasteiger partial charge in [-0.05, 0) is 30.8 Å². The molecule has 2 heterocycles. The zero-order valence-electron chi connectivity index (χ0n) is 17.2. The third-order valence-electron chi connectivity index (χ3n) is 5.23. The van der Waals surface area contributed by atoms with Gasteiger partial charge in [-0.3, -0.25) is 4.90 Å². The molecule has 0 spiro atoms. The summed E-state index contributed by atoms with van der Waals surface area (Å²) < 4.78 is 43.8. The molecule has 2 aromatic carbocycles. The van der Waals surface area contributed by atoms with E-state index in [1.54, 1.807) is 0 Å². The Morgan fingerprint density at radius 2 is 1.74 bits per heavy atom. The van der Waals surface area contributed by atoms with Crippen LogP contribution in [-0.2, 0) is 24.0 Å². The molecule has 4 nitrogen and oxygen atoms in total. The van der Waals surface area contributed by atoms with E-state index < -0.39 is 11.7 Å². The van der Waals surface area contributed by atoms with E-state index in [2.05, 4.69) is 39.0 Å². The number of anilines is 1. The number of morpholine rings is 1. The second-order valence-corrected chi connectivity index (χ2v) is 8.48. The number of alkyl halides is 3. The van der Waals surface area contributed by atoms with E-state index in [0.29, 0.717) is 12.1 Å². The molecule has 0 bridgehead atoms. The molecule has 1 aromatic heterocycles. The molecule has 0 unspecified atom stereocenters. The van der Waals surface area contributed by atoms with E-state index in [-0.39, 0.29) is 0 Å². The monoisotopic (exact) mass is 447 g/mol. The van der Waals surface area contributed by atoms with Gasteiger partial charge in [0.05, 0.1) is 24.5 Å². The largest absolute Gasteiger partial charge is 0.416 e. The molecular weight excluding hydrogens is 423 g/mol. The predicted molar refractivity (Wildman–Crippen MR) is 117 cm³/mol. The maximum atomic E-state index is 12.8. The van der Waals surface area contributed by atoms with E-state index in [1.165, 1.54) is 34.7 Å². The molecule has 0 N–H and O–H groups in total. The lowest BCUT2D eigenvalue weighted by atomic mass is 10.1. The number of thiazole rings is 1. The zero-order chi connectivity index (χ0) is 21.8. The molecule has 8 heteroatoms. The molecular formula is C23H24F3N3OS. The molecule has 1 saturated heterocycles. The molecule has 1 aliphatic heterocycles. The minimum atomic E-state index is -4.33. The summed E-state index contributed by atoms with van der Waals surface area (Å²) in [4.78, 5) is 9.19. The first-order valence-corrected chi connectivity index (χ1v) is 11.0. The van der Waals surface area contributed by atoms with Crippen molar-refractivity contribution in [3.05, 3.63) is 70.7 Å². The highest BCUT2D eigenvalue weighted by molar-refractivity contribution is 7.13. The van der Waals surface area contributed by atoms with Gasteiger partial charge >= 0.3 is 6.18 Å². The van der Waals surface area contributed by atoms with Crippen molar-refractivity contribution in [2.75, 3.05) is 38.3 Å². The van der Waals surface area contributed by atoms with Gasteiger partial charge in [-0.25, -0.2) is 4.98 Å². The number of hydrogen-bond donors (Lipinski definition) is 0. The first-order valence-electron chi connectivity index (χ1n) is 10.1. The fourth-order valence-corrected chi connectivity index (χ4v) is 4.51. The molecule has 0 saturated carbocycles. The molecule has 0 radical (unpaired) electrons. The smallest absolute Gasteiger partial charge is 0.378 e. The molecule has 31 heavy (non-hydrogen) atoms. The van der Waals surface area contributed by atoms with Gasteiger partial charge in [0.15, 0.2) is 0 Å². The summed E-state index contributed by atoms with van der Waals surface area (Å²) in [5.74, 6) is 0. The van der Waals surface area contributed by atoms with Crippen molar-refractivity contribution in [3.63, 3.8) is 0 Å². The van der Waals surface area contributed by atoms with Crippen LogP contribution in [0.4, 0.5) is 18.9 Å². The van der Waals surface area contributed by atoms with Gasteiger partial charge in [-0.2, -0.15) is 13.2 Å². The fraction of sp³-hybridized carbons (Fsp3) is 0.348. The van der Waals surface area contributed by atoms with Crippen LogP contribution in [0.15, 0.2) is 53.9 Å². The van der Waals surface area contributed by atoms with Crippen LogP contribution >= 0.6 is 11.3 Å². The quantitative estimate of drug-likeness (QED) is 0.513. The minimum absolute atomic E-state index is 0.647. The van der Waals surface area contributed by atoms with Crippen molar-refractivity contribution in [3.8, 4) is 10.6 Å². The normalized spacial score (nSPS) is 14.9. The number of hydrogen-bond acceptors (Lipinski definition) is 5.